The highest BCUT2D eigenvalue weighted by Crippen LogP contribution is 2.43. The highest BCUT2D eigenvalue weighted by Gasteiger charge is 2.21. The molecular weight excluding hydrogens is 789 g/mol. The molecule has 0 fully saturated rings. The lowest BCUT2D eigenvalue weighted by molar-refractivity contribution is 0.669. The van der Waals surface area contributed by atoms with E-state index in [2.05, 4.69) is 144 Å². The van der Waals surface area contributed by atoms with Gasteiger partial charge in [-0.15, -0.1) is 11.3 Å². The molecule has 0 aliphatic heterocycles. The van der Waals surface area contributed by atoms with Gasteiger partial charge in [-0.25, -0.2) is 15.0 Å². The molecule has 294 valence electrons. The van der Waals surface area contributed by atoms with Gasteiger partial charge in [0.25, 0.3) is 0 Å². The van der Waals surface area contributed by atoms with Crippen LogP contribution in [0.4, 0.5) is 0 Å². The van der Waals surface area contributed by atoms with E-state index in [-0.39, 0.29) is 0 Å². The number of hydrogen-bond acceptors (Lipinski definition) is 5. The van der Waals surface area contributed by atoms with Gasteiger partial charge in [0.05, 0.1) is 11.0 Å². The van der Waals surface area contributed by atoms with E-state index in [0.717, 1.165) is 66.5 Å². The molecule has 13 rings (SSSR count). The van der Waals surface area contributed by atoms with E-state index in [0.29, 0.717) is 17.5 Å². The molecule has 63 heavy (non-hydrogen) atoms. The highest BCUT2D eigenvalue weighted by atomic mass is 32.1. The predicted octanol–water partition coefficient (Wildman–Crippen LogP) is 15.6. The topological polar surface area (TPSA) is 56.7 Å². The molecule has 0 aliphatic rings. The molecule has 0 saturated heterocycles. The normalized spacial score (nSPS) is 11.8. The molecule has 0 radical (unpaired) electrons. The summed E-state index contributed by atoms with van der Waals surface area (Å²) in [7, 11) is 0. The van der Waals surface area contributed by atoms with Crippen LogP contribution >= 0.6 is 11.3 Å². The Kier molecular flexibility index (Phi) is 8.01. The number of hydrogen-bond donors (Lipinski definition) is 0. The minimum absolute atomic E-state index is 0.585. The Morgan fingerprint density at radius 3 is 1.70 bits per heavy atom. The maximum atomic E-state index is 6.92. The van der Waals surface area contributed by atoms with Crippen molar-refractivity contribution in [3.63, 3.8) is 0 Å². The van der Waals surface area contributed by atoms with Crippen molar-refractivity contribution >= 4 is 75.3 Å². The Balaban J connectivity index is 0.995. The van der Waals surface area contributed by atoms with Crippen molar-refractivity contribution in [1.82, 2.24) is 19.5 Å². The summed E-state index contributed by atoms with van der Waals surface area (Å²) in [6.07, 6.45) is 0. The molecule has 0 amide bonds. The van der Waals surface area contributed by atoms with Gasteiger partial charge in [0.2, 0.25) is 0 Å². The van der Waals surface area contributed by atoms with E-state index in [1.807, 2.05) is 78.1 Å². The van der Waals surface area contributed by atoms with Gasteiger partial charge in [0, 0.05) is 70.2 Å². The number of aromatic nitrogens is 4. The van der Waals surface area contributed by atoms with Crippen LogP contribution in [0, 0.1) is 0 Å². The fourth-order valence-corrected chi connectivity index (χ4v) is 10.4. The van der Waals surface area contributed by atoms with Crippen LogP contribution in [0.2, 0.25) is 0 Å². The number of furan rings is 1. The number of thiophene rings is 1. The number of fused-ring (bicyclic) bond motifs is 9. The maximum Gasteiger partial charge on any atom is 0.164 e. The summed E-state index contributed by atoms with van der Waals surface area (Å²) in [6, 6.07) is 72.7. The smallest absolute Gasteiger partial charge is 0.164 e. The quantitative estimate of drug-likeness (QED) is 0.168. The molecule has 4 aromatic heterocycles. The largest absolute Gasteiger partial charge is 0.456 e. The molecule has 0 unspecified atom stereocenters. The Hall–Kier alpha value is -8.19. The lowest BCUT2D eigenvalue weighted by atomic mass is 9.98. The second-order valence-corrected chi connectivity index (χ2v) is 17.1. The van der Waals surface area contributed by atoms with Gasteiger partial charge in [-0.05, 0) is 76.9 Å². The predicted molar refractivity (Wildman–Crippen MR) is 262 cm³/mol. The summed E-state index contributed by atoms with van der Waals surface area (Å²) < 4.78 is 11.9. The Bertz CT molecular complexity index is 3850. The molecular formula is C57H34N4OS. The summed E-state index contributed by atoms with van der Waals surface area (Å²) in [4.78, 5) is 15.4. The molecule has 4 heterocycles. The fraction of sp³-hybridized carbons (Fsp3) is 0. The molecule has 0 N–H and O–H groups in total. The van der Waals surface area contributed by atoms with Gasteiger partial charge < -0.3 is 8.98 Å². The first-order valence-corrected chi connectivity index (χ1v) is 21.9. The van der Waals surface area contributed by atoms with Crippen molar-refractivity contribution in [1.29, 1.82) is 0 Å². The van der Waals surface area contributed by atoms with E-state index < -0.39 is 0 Å². The summed E-state index contributed by atoms with van der Waals surface area (Å²) in [5, 5.41) is 6.99. The lowest BCUT2D eigenvalue weighted by Crippen LogP contribution is -2.00. The second-order valence-electron chi connectivity index (χ2n) is 16.0. The van der Waals surface area contributed by atoms with Gasteiger partial charge in [0.1, 0.15) is 11.2 Å². The van der Waals surface area contributed by atoms with Crippen molar-refractivity contribution in [2.75, 3.05) is 0 Å². The lowest BCUT2D eigenvalue weighted by Gasteiger charge is -2.11. The Labute approximate surface area is 365 Å². The average Bonchev–Trinajstić information content (AvgIpc) is 4.03. The monoisotopic (exact) mass is 822 g/mol. The van der Waals surface area contributed by atoms with E-state index >= 15 is 0 Å². The summed E-state index contributed by atoms with van der Waals surface area (Å²) in [5.41, 5.74) is 12.1. The fourth-order valence-electron chi connectivity index (χ4n) is 9.27. The SMILES string of the molecule is c1ccc(-c2cc(-c3nc(-c4ccccc4)nc(-c4ccccc4)n3)c3c(c2)oc2cc(-n4c5ccccc5c5cc(-c6ccc7c(c6)sc6ccccc67)ccc54)ccc23)cc1. The first-order chi connectivity index (χ1) is 31.2. The van der Waals surface area contributed by atoms with Crippen LogP contribution in [0.5, 0.6) is 0 Å². The third-order valence-electron chi connectivity index (χ3n) is 12.2. The zero-order chi connectivity index (χ0) is 41.4. The van der Waals surface area contributed by atoms with E-state index in [1.54, 1.807) is 0 Å². The minimum Gasteiger partial charge on any atom is -0.456 e. The summed E-state index contributed by atoms with van der Waals surface area (Å²) >= 11 is 1.86. The number of rotatable bonds is 6. The van der Waals surface area contributed by atoms with Crippen LogP contribution in [0.3, 0.4) is 0 Å². The number of benzene rings is 9. The Morgan fingerprint density at radius 1 is 0.349 bits per heavy atom. The second kappa shape index (κ2) is 14.2. The van der Waals surface area contributed by atoms with Gasteiger partial charge in [-0.1, -0.05) is 146 Å². The molecule has 13 aromatic rings. The molecule has 0 saturated carbocycles. The number of nitrogens with zero attached hydrogens (tertiary/aromatic N) is 4. The van der Waals surface area contributed by atoms with Crippen molar-refractivity contribution in [3.05, 3.63) is 206 Å². The first kappa shape index (κ1) is 35.6. The third-order valence-corrected chi connectivity index (χ3v) is 13.4. The maximum absolute atomic E-state index is 6.92. The molecule has 0 bridgehead atoms. The van der Waals surface area contributed by atoms with E-state index in [1.165, 1.54) is 42.1 Å². The van der Waals surface area contributed by atoms with Crippen molar-refractivity contribution < 1.29 is 4.42 Å². The van der Waals surface area contributed by atoms with Crippen molar-refractivity contribution in [2.24, 2.45) is 0 Å². The molecule has 5 nitrogen and oxygen atoms in total. The van der Waals surface area contributed by atoms with Crippen molar-refractivity contribution in [2.45, 2.75) is 0 Å². The number of para-hydroxylation sites is 1. The zero-order valence-corrected chi connectivity index (χ0v) is 34.6. The van der Waals surface area contributed by atoms with Crippen LogP contribution in [-0.2, 0) is 0 Å². The molecule has 9 aromatic carbocycles. The highest BCUT2D eigenvalue weighted by molar-refractivity contribution is 7.25. The van der Waals surface area contributed by atoms with Crippen LogP contribution in [0.1, 0.15) is 0 Å². The van der Waals surface area contributed by atoms with Crippen LogP contribution in [0.25, 0.3) is 126 Å². The van der Waals surface area contributed by atoms with E-state index in [9.17, 15) is 0 Å². The molecule has 0 spiro atoms. The molecule has 6 heteroatoms. The minimum atomic E-state index is 0.585. The third kappa shape index (κ3) is 5.87. The van der Waals surface area contributed by atoms with Crippen LogP contribution < -0.4 is 0 Å². The summed E-state index contributed by atoms with van der Waals surface area (Å²) in [6.45, 7) is 0. The van der Waals surface area contributed by atoms with Crippen molar-refractivity contribution in [3.8, 4) is 62.1 Å². The van der Waals surface area contributed by atoms with Crippen LogP contribution in [-0.4, -0.2) is 19.5 Å². The summed E-state index contributed by atoms with van der Waals surface area (Å²) in [5.74, 6) is 1.81. The zero-order valence-electron chi connectivity index (χ0n) is 33.7. The average molecular weight is 823 g/mol. The first-order valence-electron chi connectivity index (χ1n) is 21.1. The van der Waals surface area contributed by atoms with Gasteiger partial charge in [-0.2, -0.15) is 0 Å². The molecule has 0 aliphatic carbocycles. The Morgan fingerprint density at radius 2 is 0.937 bits per heavy atom. The van der Waals surface area contributed by atoms with E-state index in [4.69, 9.17) is 19.4 Å². The van der Waals surface area contributed by atoms with Gasteiger partial charge >= 0.3 is 0 Å². The van der Waals surface area contributed by atoms with Gasteiger partial charge in [0.15, 0.2) is 17.5 Å². The van der Waals surface area contributed by atoms with Gasteiger partial charge in [-0.3, -0.25) is 0 Å². The molecule has 0 atom stereocenters. The standard InChI is InChI=1S/C57H34N4OS/c1-4-14-35(15-5-1)40-31-47(57-59-55(36-16-6-2-7-17-36)58-56(60-57)37-18-8-3-9-19-37)54-45-28-26-41(34-50(45)62-51(54)32-40)61-48-22-12-10-20-42(48)46-30-38(25-29-49(46)61)39-24-27-44-43-21-11-13-23-52(43)63-53(44)33-39/h1-34H. The van der Waals surface area contributed by atoms with Crippen LogP contribution in [0.15, 0.2) is 211 Å².